The lowest BCUT2D eigenvalue weighted by Crippen LogP contribution is -2.12. The number of fused-ring (bicyclic) bond motifs is 1. The highest BCUT2D eigenvalue weighted by molar-refractivity contribution is 6.05. The van der Waals surface area contributed by atoms with Crippen LogP contribution in [-0.2, 0) is 0 Å². The number of hydrogen-bond donors (Lipinski definition) is 1. The van der Waals surface area contributed by atoms with Crippen LogP contribution in [0.15, 0.2) is 54.6 Å². The average molecular weight is 458 g/mol. The van der Waals surface area contributed by atoms with E-state index in [-0.39, 0.29) is 12.7 Å². The van der Waals surface area contributed by atoms with Gasteiger partial charge >= 0.3 is 0 Å². The third kappa shape index (κ3) is 4.59. The van der Waals surface area contributed by atoms with Crippen LogP contribution in [0.2, 0.25) is 0 Å². The summed E-state index contributed by atoms with van der Waals surface area (Å²) in [6, 6.07) is 17.9. The van der Waals surface area contributed by atoms with Crippen molar-refractivity contribution in [2.75, 3.05) is 33.4 Å². The van der Waals surface area contributed by atoms with Gasteiger partial charge in [-0.2, -0.15) is 5.26 Å². The highest BCUT2D eigenvalue weighted by Crippen LogP contribution is 2.38. The molecular weight excluding hydrogens is 436 g/mol. The van der Waals surface area contributed by atoms with E-state index in [2.05, 4.69) is 11.4 Å². The molecule has 0 saturated heterocycles. The Balaban J connectivity index is 1.52. The van der Waals surface area contributed by atoms with Crippen molar-refractivity contribution in [3.63, 3.8) is 0 Å². The van der Waals surface area contributed by atoms with Crippen molar-refractivity contribution in [3.05, 3.63) is 71.3 Å². The van der Waals surface area contributed by atoms with Gasteiger partial charge in [-0.05, 0) is 53.6 Å². The summed E-state index contributed by atoms with van der Waals surface area (Å²) < 4.78 is 26.6. The van der Waals surface area contributed by atoms with Crippen LogP contribution in [-0.4, -0.2) is 34.0 Å². The van der Waals surface area contributed by atoms with Crippen LogP contribution >= 0.6 is 0 Å². The summed E-state index contributed by atoms with van der Waals surface area (Å²) in [4.78, 5) is 12.8. The first-order valence-electron chi connectivity index (χ1n) is 10.3. The molecule has 0 bridgehead atoms. The highest BCUT2D eigenvalue weighted by Gasteiger charge is 2.17. The first-order chi connectivity index (χ1) is 16.6. The third-order valence-corrected chi connectivity index (χ3v) is 5.21. The van der Waals surface area contributed by atoms with Crippen LogP contribution in [0.1, 0.15) is 21.5 Å². The van der Waals surface area contributed by atoms with Crippen molar-refractivity contribution in [3.8, 4) is 34.8 Å². The molecule has 3 aromatic carbocycles. The Morgan fingerprint density at radius 2 is 1.59 bits per heavy atom. The monoisotopic (exact) mass is 458 g/mol. The Morgan fingerprint density at radius 3 is 2.21 bits per heavy atom. The summed E-state index contributed by atoms with van der Waals surface area (Å²) in [5.74, 6) is 2.16. The molecule has 8 nitrogen and oxygen atoms in total. The lowest BCUT2D eigenvalue weighted by molar-refractivity contribution is 0.102. The minimum atomic E-state index is -0.344. The van der Waals surface area contributed by atoms with Crippen molar-refractivity contribution in [2.45, 2.75) is 0 Å². The molecule has 4 rings (SSSR count). The van der Waals surface area contributed by atoms with Crippen LogP contribution in [0.4, 0.5) is 5.69 Å². The third-order valence-electron chi connectivity index (χ3n) is 5.21. The molecule has 0 saturated carbocycles. The van der Waals surface area contributed by atoms with E-state index >= 15 is 0 Å². The normalized spacial score (nSPS) is 12.0. The molecule has 8 heteroatoms. The number of carbonyl (C=O) groups excluding carboxylic acids is 1. The van der Waals surface area contributed by atoms with Gasteiger partial charge in [0.1, 0.15) is 0 Å². The van der Waals surface area contributed by atoms with E-state index in [1.807, 2.05) is 18.2 Å². The molecule has 0 fully saturated rings. The average Bonchev–Trinajstić information content (AvgIpc) is 3.34. The highest BCUT2D eigenvalue weighted by atomic mass is 16.7. The van der Waals surface area contributed by atoms with Crippen molar-refractivity contribution in [2.24, 2.45) is 0 Å². The van der Waals surface area contributed by atoms with Crippen LogP contribution in [0, 0.1) is 11.3 Å². The van der Waals surface area contributed by atoms with Gasteiger partial charge < -0.3 is 29.0 Å². The van der Waals surface area contributed by atoms with E-state index in [0.29, 0.717) is 51.1 Å². The van der Waals surface area contributed by atoms with Crippen molar-refractivity contribution >= 4 is 23.2 Å². The fourth-order valence-electron chi connectivity index (χ4n) is 3.50. The van der Waals surface area contributed by atoms with Gasteiger partial charge in [0.15, 0.2) is 23.0 Å². The lowest BCUT2D eigenvalue weighted by atomic mass is 10.0. The van der Waals surface area contributed by atoms with E-state index in [4.69, 9.17) is 23.7 Å². The first kappa shape index (κ1) is 22.6. The number of ether oxygens (including phenoxy) is 5. The Kier molecular flexibility index (Phi) is 6.55. The predicted molar refractivity (Wildman–Crippen MR) is 127 cm³/mol. The number of benzene rings is 3. The summed E-state index contributed by atoms with van der Waals surface area (Å²) in [6.07, 6.45) is 1.77. The second-order valence-corrected chi connectivity index (χ2v) is 7.23. The zero-order chi connectivity index (χ0) is 24.1. The number of carbonyl (C=O) groups is 1. The summed E-state index contributed by atoms with van der Waals surface area (Å²) in [5.41, 5.74) is 2.93. The van der Waals surface area contributed by atoms with Crippen molar-refractivity contribution in [1.29, 1.82) is 5.26 Å². The molecule has 0 aromatic heterocycles. The van der Waals surface area contributed by atoms with Gasteiger partial charge in [-0.1, -0.05) is 18.2 Å². The van der Waals surface area contributed by atoms with Gasteiger partial charge in [-0.15, -0.1) is 0 Å². The van der Waals surface area contributed by atoms with Crippen molar-refractivity contribution < 1.29 is 28.5 Å². The standard InChI is InChI=1S/C26H22N2O6/c1-30-23-12-18(13-24(31-2)25(23)32-3)26(29)28-20-7-5-17(6-8-20)19(14-27)10-16-4-9-21-22(11-16)34-15-33-21/h4-13H,15H2,1-3H3,(H,28,29). The van der Waals surface area contributed by atoms with Crippen LogP contribution < -0.4 is 29.0 Å². The van der Waals surface area contributed by atoms with Gasteiger partial charge in [0, 0.05) is 11.3 Å². The van der Waals surface area contributed by atoms with Crippen molar-refractivity contribution in [1.82, 2.24) is 0 Å². The Hall–Kier alpha value is -4.64. The predicted octanol–water partition coefficient (Wildman–Crippen LogP) is 4.76. The molecule has 3 aromatic rings. The Labute approximate surface area is 196 Å². The van der Waals surface area contributed by atoms with E-state index in [0.717, 1.165) is 5.56 Å². The quantitative estimate of drug-likeness (QED) is 0.403. The van der Waals surface area contributed by atoms with Gasteiger partial charge in [-0.25, -0.2) is 0 Å². The molecule has 1 heterocycles. The molecule has 1 N–H and O–H groups in total. The number of methoxy groups -OCH3 is 3. The number of nitrogens with one attached hydrogen (secondary N) is 1. The summed E-state index contributed by atoms with van der Waals surface area (Å²) in [7, 11) is 4.47. The van der Waals surface area contributed by atoms with Crippen LogP contribution in [0.3, 0.4) is 0 Å². The smallest absolute Gasteiger partial charge is 0.255 e. The maximum Gasteiger partial charge on any atom is 0.255 e. The van der Waals surface area contributed by atoms with E-state index in [1.165, 1.54) is 21.3 Å². The second kappa shape index (κ2) is 9.88. The van der Waals surface area contributed by atoms with Gasteiger partial charge in [0.2, 0.25) is 12.5 Å². The fraction of sp³-hybridized carbons (Fsp3) is 0.154. The van der Waals surface area contributed by atoms with Gasteiger partial charge in [-0.3, -0.25) is 4.79 Å². The molecule has 1 aliphatic heterocycles. The largest absolute Gasteiger partial charge is 0.493 e. The number of amides is 1. The van der Waals surface area contributed by atoms with Gasteiger partial charge in [0.25, 0.3) is 5.91 Å². The zero-order valence-corrected chi connectivity index (χ0v) is 18.9. The topological polar surface area (TPSA) is 99.0 Å². The zero-order valence-electron chi connectivity index (χ0n) is 18.9. The SMILES string of the molecule is COc1cc(C(=O)Nc2ccc(C(C#N)=Cc3ccc4c(c3)OCO4)cc2)cc(OC)c1OC. The Morgan fingerprint density at radius 1 is 0.912 bits per heavy atom. The van der Waals surface area contributed by atoms with Crippen LogP contribution in [0.25, 0.3) is 11.6 Å². The van der Waals surface area contributed by atoms with E-state index in [1.54, 1.807) is 42.5 Å². The van der Waals surface area contributed by atoms with Crippen LogP contribution in [0.5, 0.6) is 28.7 Å². The second-order valence-electron chi connectivity index (χ2n) is 7.23. The lowest BCUT2D eigenvalue weighted by Gasteiger charge is -2.14. The number of nitrogens with zero attached hydrogens (tertiary/aromatic N) is 1. The maximum absolute atomic E-state index is 12.8. The molecular formula is C26H22N2O6. The van der Waals surface area contributed by atoms with E-state index in [9.17, 15) is 10.1 Å². The maximum atomic E-state index is 12.8. The van der Waals surface area contributed by atoms with E-state index < -0.39 is 0 Å². The summed E-state index contributed by atoms with van der Waals surface area (Å²) >= 11 is 0. The molecule has 0 radical (unpaired) electrons. The number of rotatable bonds is 7. The fourth-order valence-corrected chi connectivity index (χ4v) is 3.50. The molecule has 34 heavy (non-hydrogen) atoms. The molecule has 0 spiro atoms. The minimum Gasteiger partial charge on any atom is -0.493 e. The molecule has 0 unspecified atom stereocenters. The molecule has 0 atom stereocenters. The minimum absolute atomic E-state index is 0.191. The van der Waals surface area contributed by atoms with Gasteiger partial charge in [0.05, 0.1) is 33.0 Å². The summed E-state index contributed by atoms with van der Waals surface area (Å²) in [5, 5.41) is 12.5. The molecule has 0 aliphatic carbocycles. The molecule has 1 amide bonds. The summed E-state index contributed by atoms with van der Waals surface area (Å²) in [6.45, 7) is 0.191. The molecule has 1 aliphatic rings. The Bertz CT molecular complexity index is 1270. The number of allylic oxidation sites excluding steroid dienone is 1. The first-order valence-corrected chi connectivity index (χ1v) is 10.3. The number of nitriles is 1. The number of anilines is 1. The number of hydrogen-bond acceptors (Lipinski definition) is 7. The molecule has 172 valence electrons.